The fourth-order valence-corrected chi connectivity index (χ4v) is 2.55. The van der Waals surface area contributed by atoms with E-state index in [9.17, 15) is 4.79 Å². The van der Waals surface area contributed by atoms with Gasteiger partial charge < -0.3 is 25.4 Å². The Kier molecular flexibility index (Phi) is 8.91. The standard InChI is InChI=1S/C20H32N4O3/c1-4-26-11-12-27-18-13-15(2)5-6-17(18)14-24-20(21-3)23-10-9-22-19(25)16-7-8-16/h5-6,13,16H,4,7-12,14H2,1-3H3,(H,22,25)(H2,21,23,24). The van der Waals surface area contributed by atoms with Crippen LogP contribution in [-0.4, -0.2) is 51.8 Å². The Bertz CT molecular complexity index is 630. The molecule has 0 unspecified atom stereocenters. The third kappa shape index (κ3) is 7.86. The van der Waals surface area contributed by atoms with Crippen molar-refractivity contribution in [2.24, 2.45) is 10.9 Å². The van der Waals surface area contributed by atoms with Crippen molar-refractivity contribution >= 4 is 11.9 Å². The van der Waals surface area contributed by atoms with Gasteiger partial charge in [-0.05, 0) is 38.3 Å². The summed E-state index contributed by atoms with van der Waals surface area (Å²) in [5, 5.41) is 9.42. The van der Waals surface area contributed by atoms with Gasteiger partial charge in [-0.2, -0.15) is 0 Å². The van der Waals surface area contributed by atoms with Gasteiger partial charge in [0.2, 0.25) is 5.91 Å². The van der Waals surface area contributed by atoms with E-state index in [1.54, 1.807) is 7.05 Å². The molecule has 0 aliphatic heterocycles. The van der Waals surface area contributed by atoms with Crippen LogP contribution >= 0.6 is 0 Å². The van der Waals surface area contributed by atoms with Crippen LogP contribution in [0.2, 0.25) is 0 Å². The summed E-state index contributed by atoms with van der Waals surface area (Å²) in [5.74, 6) is 1.95. The molecule has 27 heavy (non-hydrogen) atoms. The number of rotatable bonds is 11. The molecular formula is C20H32N4O3. The zero-order chi connectivity index (χ0) is 19.5. The molecule has 0 heterocycles. The molecule has 0 atom stereocenters. The van der Waals surface area contributed by atoms with Crippen molar-refractivity contribution in [3.8, 4) is 5.75 Å². The van der Waals surface area contributed by atoms with E-state index in [2.05, 4.69) is 33.1 Å². The first kappa shape index (κ1) is 21.0. The molecule has 0 bridgehead atoms. The monoisotopic (exact) mass is 376 g/mol. The molecule has 3 N–H and O–H groups in total. The fourth-order valence-electron chi connectivity index (χ4n) is 2.55. The molecule has 1 aliphatic carbocycles. The van der Waals surface area contributed by atoms with E-state index >= 15 is 0 Å². The molecule has 7 heteroatoms. The number of ether oxygens (including phenoxy) is 2. The lowest BCUT2D eigenvalue weighted by Crippen LogP contribution is -2.41. The summed E-state index contributed by atoms with van der Waals surface area (Å²) in [6, 6.07) is 6.16. The lowest BCUT2D eigenvalue weighted by atomic mass is 10.1. The average molecular weight is 377 g/mol. The number of nitrogens with zero attached hydrogens (tertiary/aromatic N) is 1. The van der Waals surface area contributed by atoms with Crippen LogP contribution in [0.3, 0.4) is 0 Å². The minimum Gasteiger partial charge on any atom is -0.491 e. The number of benzene rings is 1. The summed E-state index contributed by atoms with van der Waals surface area (Å²) in [4.78, 5) is 15.8. The van der Waals surface area contributed by atoms with Crippen molar-refractivity contribution in [3.63, 3.8) is 0 Å². The summed E-state index contributed by atoms with van der Waals surface area (Å²) < 4.78 is 11.2. The Hall–Kier alpha value is -2.28. The Morgan fingerprint density at radius 2 is 1.96 bits per heavy atom. The first-order chi connectivity index (χ1) is 13.1. The van der Waals surface area contributed by atoms with E-state index < -0.39 is 0 Å². The van der Waals surface area contributed by atoms with Gasteiger partial charge >= 0.3 is 0 Å². The SMILES string of the molecule is CCOCCOc1cc(C)ccc1CNC(=NC)NCCNC(=O)C1CC1. The van der Waals surface area contributed by atoms with Crippen LogP contribution in [0.5, 0.6) is 5.75 Å². The van der Waals surface area contributed by atoms with Gasteiger partial charge in [-0.25, -0.2) is 0 Å². The van der Waals surface area contributed by atoms with Crippen LogP contribution in [0, 0.1) is 12.8 Å². The smallest absolute Gasteiger partial charge is 0.223 e. The number of amides is 1. The highest BCUT2D eigenvalue weighted by atomic mass is 16.5. The fraction of sp³-hybridized carbons (Fsp3) is 0.600. The maximum absolute atomic E-state index is 11.6. The maximum atomic E-state index is 11.6. The van der Waals surface area contributed by atoms with Gasteiger partial charge in [-0.15, -0.1) is 0 Å². The number of guanidine groups is 1. The van der Waals surface area contributed by atoms with E-state index in [-0.39, 0.29) is 11.8 Å². The minimum absolute atomic E-state index is 0.160. The first-order valence-electron chi connectivity index (χ1n) is 9.66. The molecule has 0 spiro atoms. The number of hydrogen-bond acceptors (Lipinski definition) is 4. The molecule has 1 fully saturated rings. The maximum Gasteiger partial charge on any atom is 0.223 e. The average Bonchev–Trinajstić information content (AvgIpc) is 3.51. The van der Waals surface area contributed by atoms with Gasteiger partial charge in [0, 0.05) is 44.8 Å². The van der Waals surface area contributed by atoms with Crippen LogP contribution in [0.25, 0.3) is 0 Å². The molecule has 1 aliphatic rings. The number of hydrogen-bond donors (Lipinski definition) is 3. The highest BCUT2D eigenvalue weighted by Gasteiger charge is 2.28. The molecule has 0 saturated heterocycles. The number of aliphatic imine (C=N–C) groups is 1. The molecule has 1 saturated carbocycles. The summed E-state index contributed by atoms with van der Waals surface area (Å²) in [6.07, 6.45) is 2.04. The van der Waals surface area contributed by atoms with Crippen molar-refractivity contribution < 1.29 is 14.3 Å². The van der Waals surface area contributed by atoms with Crippen molar-refractivity contribution in [1.82, 2.24) is 16.0 Å². The van der Waals surface area contributed by atoms with Crippen molar-refractivity contribution in [2.45, 2.75) is 33.2 Å². The predicted octanol–water partition coefficient (Wildman–Crippen LogP) is 1.60. The van der Waals surface area contributed by atoms with Crippen molar-refractivity contribution in [1.29, 1.82) is 0 Å². The van der Waals surface area contributed by atoms with Gasteiger partial charge in [-0.1, -0.05) is 12.1 Å². The Morgan fingerprint density at radius 3 is 2.67 bits per heavy atom. The second kappa shape index (κ2) is 11.4. The lowest BCUT2D eigenvalue weighted by Gasteiger charge is -2.15. The second-order valence-corrected chi connectivity index (χ2v) is 6.57. The Morgan fingerprint density at radius 1 is 1.19 bits per heavy atom. The van der Waals surface area contributed by atoms with Gasteiger partial charge in [-0.3, -0.25) is 9.79 Å². The molecule has 2 rings (SSSR count). The molecule has 1 amide bonds. The van der Waals surface area contributed by atoms with Crippen LogP contribution in [0.15, 0.2) is 23.2 Å². The van der Waals surface area contributed by atoms with Gasteiger partial charge in [0.05, 0.1) is 6.61 Å². The molecule has 0 radical (unpaired) electrons. The zero-order valence-electron chi connectivity index (χ0n) is 16.6. The van der Waals surface area contributed by atoms with Gasteiger partial charge in [0.25, 0.3) is 0 Å². The Balaban J connectivity index is 1.76. The summed E-state index contributed by atoms with van der Waals surface area (Å²) in [6.45, 7) is 7.62. The van der Waals surface area contributed by atoms with Crippen molar-refractivity contribution in [2.75, 3.05) is 40.0 Å². The first-order valence-corrected chi connectivity index (χ1v) is 9.66. The van der Waals surface area contributed by atoms with E-state index in [0.717, 1.165) is 29.7 Å². The Labute approximate surface area is 161 Å². The van der Waals surface area contributed by atoms with Crippen LogP contribution in [0.4, 0.5) is 0 Å². The summed E-state index contributed by atoms with van der Waals surface area (Å²) in [5.41, 5.74) is 2.21. The van der Waals surface area contributed by atoms with E-state index in [0.29, 0.717) is 45.4 Å². The molecule has 1 aromatic rings. The molecule has 7 nitrogen and oxygen atoms in total. The van der Waals surface area contributed by atoms with Crippen LogP contribution < -0.4 is 20.7 Å². The molecular weight excluding hydrogens is 344 g/mol. The lowest BCUT2D eigenvalue weighted by molar-refractivity contribution is -0.122. The summed E-state index contributed by atoms with van der Waals surface area (Å²) >= 11 is 0. The number of aryl methyl sites for hydroxylation is 1. The second-order valence-electron chi connectivity index (χ2n) is 6.57. The minimum atomic E-state index is 0.160. The number of nitrogens with one attached hydrogen (secondary N) is 3. The number of carbonyl (C=O) groups is 1. The highest BCUT2D eigenvalue weighted by molar-refractivity contribution is 5.81. The molecule has 0 aromatic heterocycles. The van der Waals surface area contributed by atoms with Gasteiger partial charge in [0.15, 0.2) is 5.96 Å². The van der Waals surface area contributed by atoms with E-state index in [1.165, 1.54) is 0 Å². The normalized spacial score (nSPS) is 14.0. The molecule has 1 aromatic carbocycles. The third-order valence-electron chi connectivity index (χ3n) is 4.25. The summed E-state index contributed by atoms with van der Waals surface area (Å²) in [7, 11) is 1.73. The van der Waals surface area contributed by atoms with Crippen LogP contribution in [-0.2, 0) is 16.1 Å². The van der Waals surface area contributed by atoms with E-state index in [1.807, 2.05) is 19.9 Å². The number of carbonyl (C=O) groups excluding carboxylic acids is 1. The van der Waals surface area contributed by atoms with Crippen LogP contribution in [0.1, 0.15) is 30.9 Å². The molecule has 150 valence electrons. The van der Waals surface area contributed by atoms with E-state index in [4.69, 9.17) is 9.47 Å². The third-order valence-corrected chi connectivity index (χ3v) is 4.25. The topological polar surface area (TPSA) is 84.0 Å². The van der Waals surface area contributed by atoms with Gasteiger partial charge in [0.1, 0.15) is 12.4 Å². The zero-order valence-corrected chi connectivity index (χ0v) is 16.6. The quantitative estimate of drug-likeness (QED) is 0.310. The largest absolute Gasteiger partial charge is 0.491 e. The highest BCUT2D eigenvalue weighted by Crippen LogP contribution is 2.28. The predicted molar refractivity (Wildman–Crippen MR) is 107 cm³/mol. The van der Waals surface area contributed by atoms with Crippen molar-refractivity contribution in [3.05, 3.63) is 29.3 Å².